The molecule has 0 saturated heterocycles. The molecule has 0 aliphatic carbocycles. The molecule has 96 valence electrons. The fourth-order valence-corrected chi connectivity index (χ4v) is 2.39. The van der Waals surface area contributed by atoms with E-state index in [2.05, 4.69) is 9.50 Å². The molecule has 0 radical (unpaired) electrons. The molecule has 0 heterocycles. The average Bonchev–Trinajstić information content (AvgIpc) is 2.24. The molecule has 0 aliphatic rings. The van der Waals surface area contributed by atoms with Crippen molar-refractivity contribution in [3.63, 3.8) is 0 Å². The van der Waals surface area contributed by atoms with Crippen LogP contribution in [0, 0.1) is 0 Å². The second-order valence-electron chi connectivity index (χ2n) is 3.16. The number of thioether (sulfide) groups is 1. The molecule has 1 aromatic rings. The predicted octanol–water partition coefficient (Wildman–Crippen LogP) is 2.03. The Bertz CT molecular complexity index is 447. The Morgan fingerprint density at radius 1 is 1.47 bits per heavy atom. The molecule has 0 bridgehead atoms. The monoisotopic (exact) mass is 277 g/mol. The van der Waals surface area contributed by atoms with Gasteiger partial charge in [0.1, 0.15) is 0 Å². The van der Waals surface area contributed by atoms with Gasteiger partial charge < -0.3 is 5.32 Å². The maximum Gasteiger partial charge on any atom is 0.397 e. The lowest BCUT2D eigenvalue weighted by molar-refractivity contribution is 0.285. The van der Waals surface area contributed by atoms with Crippen LogP contribution in [0.15, 0.2) is 29.2 Å². The van der Waals surface area contributed by atoms with E-state index in [-0.39, 0.29) is 6.61 Å². The van der Waals surface area contributed by atoms with E-state index in [0.29, 0.717) is 5.75 Å². The highest BCUT2D eigenvalue weighted by Gasteiger charge is 2.03. The summed E-state index contributed by atoms with van der Waals surface area (Å²) in [6.07, 6.45) is 0. The smallest absolute Gasteiger partial charge is 0.385 e. The summed E-state index contributed by atoms with van der Waals surface area (Å²) in [5.41, 5.74) is 1.02. The van der Waals surface area contributed by atoms with Crippen LogP contribution in [0.5, 0.6) is 0 Å². The minimum atomic E-state index is -4.32. The van der Waals surface area contributed by atoms with Gasteiger partial charge in [0.15, 0.2) is 0 Å². The van der Waals surface area contributed by atoms with E-state index in [0.717, 1.165) is 17.1 Å². The standard InChI is InChI=1S/C10H15NO4S2/c1-2-11-9-4-3-5-10(8-9)16-7-6-15-17(12,13)14/h3-5,8,11H,2,6-7H2,1H3,(H,12,13,14). The van der Waals surface area contributed by atoms with Gasteiger partial charge in [-0.15, -0.1) is 11.8 Å². The van der Waals surface area contributed by atoms with Crippen LogP contribution in [0.1, 0.15) is 6.92 Å². The lowest BCUT2D eigenvalue weighted by atomic mass is 10.3. The van der Waals surface area contributed by atoms with E-state index in [4.69, 9.17) is 4.55 Å². The topological polar surface area (TPSA) is 75.6 Å². The van der Waals surface area contributed by atoms with E-state index in [1.54, 1.807) is 0 Å². The van der Waals surface area contributed by atoms with E-state index in [1.165, 1.54) is 11.8 Å². The van der Waals surface area contributed by atoms with Gasteiger partial charge in [-0.05, 0) is 25.1 Å². The van der Waals surface area contributed by atoms with Crippen molar-refractivity contribution in [2.75, 3.05) is 24.2 Å². The fourth-order valence-electron chi connectivity index (χ4n) is 1.20. The molecule has 0 unspecified atom stereocenters. The first kappa shape index (κ1) is 14.3. The Labute approximate surface area is 106 Å². The maximum absolute atomic E-state index is 10.3. The number of nitrogens with one attached hydrogen (secondary N) is 1. The predicted molar refractivity (Wildman–Crippen MR) is 68.8 cm³/mol. The number of rotatable bonds is 7. The van der Waals surface area contributed by atoms with Gasteiger partial charge in [-0.2, -0.15) is 8.42 Å². The Hall–Kier alpha value is -0.760. The van der Waals surface area contributed by atoms with E-state index in [1.807, 2.05) is 31.2 Å². The average molecular weight is 277 g/mol. The van der Waals surface area contributed by atoms with Crippen LogP contribution in [-0.4, -0.2) is 31.9 Å². The third kappa shape index (κ3) is 6.52. The highest BCUT2D eigenvalue weighted by Crippen LogP contribution is 2.21. The van der Waals surface area contributed by atoms with Crippen molar-refractivity contribution in [1.29, 1.82) is 0 Å². The number of hydrogen-bond donors (Lipinski definition) is 2. The van der Waals surface area contributed by atoms with Crippen LogP contribution >= 0.6 is 11.8 Å². The first-order valence-corrected chi connectivity index (χ1v) is 7.45. The molecule has 0 aliphatic heterocycles. The van der Waals surface area contributed by atoms with Crippen molar-refractivity contribution in [3.8, 4) is 0 Å². The second kappa shape index (κ2) is 6.85. The zero-order chi connectivity index (χ0) is 12.7. The summed E-state index contributed by atoms with van der Waals surface area (Å²) in [4.78, 5) is 1.02. The van der Waals surface area contributed by atoms with Crippen molar-refractivity contribution in [3.05, 3.63) is 24.3 Å². The molecule has 2 N–H and O–H groups in total. The zero-order valence-electron chi connectivity index (χ0n) is 9.42. The molecular weight excluding hydrogens is 262 g/mol. The zero-order valence-corrected chi connectivity index (χ0v) is 11.1. The van der Waals surface area contributed by atoms with Crippen LogP contribution in [0.25, 0.3) is 0 Å². The van der Waals surface area contributed by atoms with Crippen molar-refractivity contribution < 1.29 is 17.2 Å². The number of benzene rings is 1. The van der Waals surface area contributed by atoms with Gasteiger partial charge in [0, 0.05) is 22.9 Å². The summed E-state index contributed by atoms with van der Waals surface area (Å²) >= 11 is 1.46. The quantitative estimate of drug-likeness (QED) is 0.451. The van der Waals surface area contributed by atoms with Gasteiger partial charge in [-0.1, -0.05) is 6.07 Å². The Kier molecular flexibility index (Phi) is 5.76. The maximum atomic E-state index is 10.3. The molecule has 0 spiro atoms. The lowest BCUT2D eigenvalue weighted by Gasteiger charge is -2.06. The van der Waals surface area contributed by atoms with E-state index in [9.17, 15) is 8.42 Å². The highest BCUT2D eigenvalue weighted by atomic mass is 32.3. The Morgan fingerprint density at radius 3 is 2.88 bits per heavy atom. The van der Waals surface area contributed by atoms with Crippen LogP contribution in [0.3, 0.4) is 0 Å². The second-order valence-corrected chi connectivity index (χ2v) is 5.42. The fraction of sp³-hybridized carbons (Fsp3) is 0.400. The summed E-state index contributed by atoms with van der Waals surface area (Å²) in [5.74, 6) is 0.454. The first-order valence-electron chi connectivity index (χ1n) is 5.10. The number of anilines is 1. The van der Waals surface area contributed by atoms with Crippen molar-refractivity contribution in [2.45, 2.75) is 11.8 Å². The van der Waals surface area contributed by atoms with Crippen LogP contribution < -0.4 is 5.32 Å². The normalized spacial score (nSPS) is 11.4. The van der Waals surface area contributed by atoms with Gasteiger partial charge >= 0.3 is 10.4 Å². The summed E-state index contributed by atoms with van der Waals surface area (Å²) in [6, 6.07) is 7.78. The SMILES string of the molecule is CCNc1cccc(SCCOS(=O)(=O)O)c1. The molecule has 1 aromatic carbocycles. The third-order valence-corrected chi connectivity index (χ3v) is 3.22. The van der Waals surface area contributed by atoms with Crippen LogP contribution in [0.4, 0.5) is 5.69 Å². The summed E-state index contributed by atoms with van der Waals surface area (Å²) in [6.45, 7) is 2.81. The number of hydrogen-bond acceptors (Lipinski definition) is 5. The van der Waals surface area contributed by atoms with Gasteiger partial charge in [-0.3, -0.25) is 4.55 Å². The largest absolute Gasteiger partial charge is 0.397 e. The lowest BCUT2D eigenvalue weighted by Crippen LogP contribution is -2.06. The Balaban J connectivity index is 2.38. The molecule has 0 atom stereocenters. The van der Waals surface area contributed by atoms with Crippen molar-refractivity contribution in [2.24, 2.45) is 0 Å². The minimum absolute atomic E-state index is 0.0467. The molecule has 5 nitrogen and oxygen atoms in total. The summed E-state index contributed by atoms with van der Waals surface area (Å²) < 4.78 is 33.2. The summed E-state index contributed by atoms with van der Waals surface area (Å²) in [5, 5.41) is 3.18. The highest BCUT2D eigenvalue weighted by molar-refractivity contribution is 7.99. The molecule has 0 amide bonds. The van der Waals surface area contributed by atoms with Gasteiger partial charge in [0.25, 0.3) is 0 Å². The molecular formula is C10H15NO4S2. The molecule has 17 heavy (non-hydrogen) atoms. The van der Waals surface area contributed by atoms with Crippen LogP contribution in [-0.2, 0) is 14.6 Å². The van der Waals surface area contributed by atoms with Gasteiger partial charge in [-0.25, -0.2) is 4.18 Å². The summed E-state index contributed by atoms with van der Waals surface area (Å²) in [7, 11) is -4.32. The Morgan fingerprint density at radius 2 is 2.24 bits per heavy atom. The van der Waals surface area contributed by atoms with E-state index < -0.39 is 10.4 Å². The van der Waals surface area contributed by atoms with E-state index >= 15 is 0 Å². The molecule has 7 heteroatoms. The molecule has 0 aromatic heterocycles. The van der Waals surface area contributed by atoms with Crippen molar-refractivity contribution in [1.82, 2.24) is 0 Å². The third-order valence-electron chi connectivity index (χ3n) is 1.80. The van der Waals surface area contributed by atoms with Gasteiger partial charge in [0.05, 0.1) is 6.61 Å². The van der Waals surface area contributed by atoms with Crippen molar-refractivity contribution >= 4 is 27.8 Å². The molecule has 0 fully saturated rings. The van der Waals surface area contributed by atoms with Gasteiger partial charge in [0.2, 0.25) is 0 Å². The molecule has 1 rings (SSSR count). The first-order chi connectivity index (χ1) is 8.01. The van der Waals surface area contributed by atoms with Crippen LogP contribution in [0.2, 0.25) is 0 Å². The molecule has 0 saturated carbocycles. The minimum Gasteiger partial charge on any atom is -0.385 e.